The Morgan fingerprint density at radius 3 is 2.74 bits per heavy atom. The van der Waals surface area contributed by atoms with Gasteiger partial charge in [0.15, 0.2) is 0 Å². The molecular weight excluding hydrogens is 378 g/mol. The lowest BCUT2D eigenvalue weighted by Gasteiger charge is -2.10. The third kappa shape index (κ3) is 5.18. The maximum Gasteiger partial charge on any atom is 0.253 e. The summed E-state index contributed by atoms with van der Waals surface area (Å²) in [6.45, 7) is 3.95. The molecule has 2 N–H and O–H groups in total. The number of rotatable bonds is 8. The Kier molecular flexibility index (Phi) is 6.62. The van der Waals surface area contributed by atoms with Crippen molar-refractivity contribution in [3.8, 4) is 0 Å². The summed E-state index contributed by atoms with van der Waals surface area (Å²) < 4.78 is 1.15. The molecule has 0 bridgehead atoms. The van der Waals surface area contributed by atoms with E-state index in [2.05, 4.69) is 22.2 Å². The molecule has 0 radical (unpaired) electrons. The smallest absolute Gasteiger partial charge is 0.253 e. The topological polar surface area (TPSA) is 71.1 Å². The fourth-order valence-corrected chi connectivity index (χ4v) is 4.30. The van der Waals surface area contributed by atoms with E-state index in [9.17, 15) is 9.59 Å². The highest BCUT2D eigenvalue weighted by molar-refractivity contribution is 7.99. The Morgan fingerprint density at radius 2 is 1.93 bits per heavy atom. The molecule has 0 atom stereocenters. The van der Waals surface area contributed by atoms with Crippen LogP contribution in [-0.4, -0.2) is 29.1 Å². The number of benzene rings is 2. The Balaban J connectivity index is 1.55. The lowest BCUT2D eigenvalue weighted by Crippen LogP contribution is -2.25. The zero-order valence-corrected chi connectivity index (χ0v) is 16.2. The Hall–Kier alpha value is -2.64. The molecule has 3 aromatic rings. The number of aromatic nitrogens is 1. The number of nitrogens with zero attached hydrogens (tertiary/aromatic N) is 1. The van der Waals surface area contributed by atoms with Crippen LogP contribution in [0.25, 0.3) is 10.2 Å². The fourth-order valence-electron chi connectivity index (χ4n) is 2.45. The van der Waals surface area contributed by atoms with E-state index in [-0.39, 0.29) is 11.8 Å². The van der Waals surface area contributed by atoms with Gasteiger partial charge in [-0.25, -0.2) is 4.98 Å². The van der Waals surface area contributed by atoms with Crippen LogP contribution >= 0.6 is 23.1 Å². The quantitative estimate of drug-likeness (QED) is 0.562. The van der Waals surface area contributed by atoms with Crippen molar-refractivity contribution >= 4 is 50.8 Å². The van der Waals surface area contributed by atoms with Gasteiger partial charge in [0.25, 0.3) is 5.91 Å². The van der Waals surface area contributed by atoms with Gasteiger partial charge in [-0.2, -0.15) is 0 Å². The molecule has 3 rings (SSSR count). The lowest BCUT2D eigenvalue weighted by atomic mass is 10.1. The zero-order valence-electron chi connectivity index (χ0n) is 14.6. The van der Waals surface area contributed by atoms with Crippen molar-refractivity contribution in [3.63, 3.8) is 0 Å². The molecule has 0 aliphatic carbocycles. The van der Waals surface area contributed by atoms with Crippen molar-refractivity contribution in [3.05, 3.63) is 71.8 Å². The Morgan fingerprint density at radius 1 is 1.15 bits per heavy atom. The maximum atomic E-state index is 12.3. The minimum atomic E-state index is -0.243. The number of nitrogens with one attached hydrogen (secondary N) is 2. The first-order valence-corrected chi connectivity index (χ1v) is 10.3. The molecule has 0 saturated heterocycles. The van der Waals surface area contributed by atoms with Gasteiger partial charge in [-0.05, 0) is 24.3 Å². The Labute approximate surface area is 165 Å². The number of carbonyl (C=O) groups is 2. The van der Waals surface area contributed by atoms with Gasteiger partial charge in [0.05, 0.1) is 27.2 Å². The minimum Gasteiger partial charge on any atom is -0.349 e. The molecule has 0 saturated carbocycles. The summed E-state index contributed by atoms with van der Waals surface area (Å²) in [5.41, 5.74) is 1.93. The largest absolute Gasteiger partial charge is 0.349 e. The first kappa shape index (κ1) is 19.1. The predicted molar refractivity (Wildman–Crippen MR) is 113 cm³/mol. The maximum absolute atomic E-state index is 12.3. The van der Waals surface area contributed by atoms with Gasteiger partial charge in [-0.3, -0.25) is 9.59 Å². The molecule has 1 heterocycles. The van der Waals surface area contributed by atoms with E-state index >= 15 is 0 Å². The van der Waals surface area contributed by atoms with Crippen LogP contribution in [0.1, 0.15) is 15.4 Å². The first-order chi connectivity index (χ1) is 13.2. The lowest BCUT2D eigenvalue weighted by molar-refractivity contribution is -0.113. The average Bonchev–Trinajstić information content (AvgIpc) is 3.09. The minimum absolute atomic E-state index is 0.148. The zero-order chi connectivity index (χ0) is 19.1. The number of amides is 2. The Bertz CT molecular complexity index is 936. The molecule has 27 heavy (non-hydrogen) atoms. The summed E-state index contributed by atoms with van der Waals surface area (Å²) in [4.78, 5) is 29.0. The van der Waals surface area contributed by atoms with Gasteiger partial charge in [0.1, 0.15) is 5.01 Å². The van der Waals surface area contributed by atoms with Crippen LogP contribution in [0.2, 0.25) is 0 Å². The normalized spacial score (nSPS) is 10.5. The summed E-state index contributed by atoms with van der Waals surface area (Å²) in [5, 5.41) is 6.53. The summed E-state index contributed by atoms with van der Waals surface area (Å²) in [7, 11) is 0. The van der Waals surface area contributed by atoms with Crippen molar-refractivity contribution in [1.82, 2.24) is 10.3 Å². The summed E-state index contributed by atoms with van der Waals surface area (Å²) in [5.74, 6) is 0.574. The number of anilines is 1. The van der Waals surface area contributed by atoms with E-state index in [4.69, 9.17) is 0 Å². The van der Waals surface area contributed by atoms with Crippen LogP contribution in [0.4, 0.5) is 5.69 Å². The van der Waals surface area contributed by atoms with Crippen molar-refractivity contribution in [2.45, 2.75) is 5.75 Å². The molecule has 1 aromatic heterocycles. The number of para-hydroxylation sites is 2. The molecule has 0 unspecified atom stereocenters. The van der Waals surface area contributed by atoms with Gasteiger partial charge < -0.3 is 10.6 Å². The molecule has 5 nitrogen and oxygen atoms in total. The van der Waals surface area contributed by atoms with E-state index in [1.54, 1.807) is 41.7 Å². The monoisotopic (exact) mass is 397 g/mol. The molecule has 7 heteroatoms. The third-order valence-electron chi connectivity index (χ3n) is 3.65. The van der Waals surface area contributed by atoms with E-state index in [1.807, 2.05) is 24.3 Å². The molecule has 2 aromatic carbocycles. The van der Waals surface area contributed by atoms with Crippen molar-refractivity contribution in [1.29, 1.82) is 0 Å². The van der Waals surface area contributed by atoms with E-state index in [1.165, 1.54) is 11.8 Å². The summed E-state index contributed by atoms with van der Waals surface area (Å²) in [6.07, 6.45) is 1.61. The predicted octanol–water partition coefficient (Wildman–Crippen LogP) is 4.08. The summed E-state index contributed by atoms with van der Waals surface area (Å²) in [6, 6.07) is 14.9. The SMILES string of the molecule is C=CCNC(=O)c1ccccc1NC(=O)CSCc1nc2ccccc2s1. The van der Waals surface area contributed by atoms with Gasteiger partial charge in [0, 0.05) is 12.3 Å². The first-order valence-electron chi connectivity index (χ1n) is 8.37. The van der Waals surface area contributed by atoms with E-state index in [0.29, 0.717) is 29.3 Å². The summed E-state index contributed by atoms with van der Waals surface area (Å²) >= 11 is 3.14. The number of thioether (sulfide) groups is 1. The number of fused-ring (bicyclic) bond motifs is 1. The molecule has 0 aliphatic rings. The fraction of sp³-hybridized carbons (Fsp3) is 0.150. The molecule has 0 aliphatic heterocycles. The highest BCUT2D eigenvalue weighted by Gasteiger charge is 2.13. The second-order valence-corrected chi connectivity index (χ2v) is 7.76. The average molecular weight is 398 g/mol. The molecular formula is C20H19N3O2S2. The van der Waals surface area contributed by atoms with Crippen molar-refractivity contribution in [2.75, 3.05) is 17.6 Å². The standard InChI is InChI=1S/C20H19N3O2S2/c1-2-11-21-20(25)14-7-3-4-8-15(14)22-18(24)12-26-13-19-23-16-9-5-6-10-17(16)27-19/h2-10H,1,11-13H2,(H,21,25)(H,22,24). The number of thiazole rings is 1. The van der Waals surface area contributed by atoms with Gasteiger partial charge in [-0.1, -0.05) is 30.3 Å². The van der Waals surface area contributed by atoms with E-state index < -0.39 is 0 Å². The van der Waals surface area contributed by atoms with Crippen LogP contribution in [0.3, 0.4) is 0 Å². The number of hydrogen-bond donors (Lipinski definition) is 2. The van der Waals surface area contributed by atoms with Gasteiger partial charge >= 0.3 is 0 Å². The molecule has 138 valence electrons. The van der Waals surface area contributed by atoms with Gasteiger partial charge in [-0.15, -0.1) is 29.7 Å². The van der Waals surface area contributed by atoms with E-state index in [0.717, 1.165) is 15.2 Å². The number of hydrogen-bond acceptors (Lipinski definition) is 5. The molecule has 0 spiro atoms. The van der Waals surface area contributed by atoms with Crippen LogP contribution in [-0.2, 0) is 10.5 Å². The highest BCUT2D eigenvalue weighted by Crippen LogP contribution is 2.25. The van der Waals surface area contributed by atoms with Crippen molar-refractivity contribution in [2.24, 2.45) is 0 Å². The molecule has 0 fully saturated rings. The van der Waals surface area contributed by atoms with Gasteiger partial charge in [0.2, 0.25) is 5.91 Å². The second kappa shape index (κ2) is 9.34. The van der Waals surface area contributed by atoms with Crippen LogP contribution in [0.15, 0.2) is 61.2 Å². The van der Waals surface area contributed by atoms with Crippen LogP contribution in [0, 0.1) is 0 Å². The second-order valence-electron chi connectivity index (χ2n) is 5.66. The van der Waals surface area contributed by atoms with Crippen LogP contribution < -0.4 is 10.6 Å². The molecule has 2 amide bonds. The van der Waals surface area contributed by atoms with Crippen LogP contribution in [0.5, 0.6) is 0 Å². The van der Waals surface area contributed by atoms with Crippen molar-refractivity contribution < 1.29 is 9.59 Å². The highest BCUT2D eigenvalue weighted by atomic mass is 32.2. The number of carbonyl (C=O) groups excluding carboxylic acids is 2. The third-order valence-corrected chi connectivity index (χ3v) is 5.81.